The zero-order chi connectivity index (χ0) is 15.6. The molecule has 120 valence electrons. The number of nitrogens with zero attached hydrogens (tertiary/aromatic N) is 2. The summed E-state index contributed by atoms with van der Waals surface area (Å²) in [7, 11) is 0. The molecular formula is C15H22N4O3. The Labute approximate surface area is 129 Å². The van der Waals surface area contributed by atoms with Crippen LogP contribution < -0.4 is 5.32 Å². The number of nitrogens with one attached hydrogen (secondary N) is 2. The third-order valence-electron chi connectivity index (χ3n) is 4.75. The fourth-order valence-corrected chi connectivity index (χ4v) is 3.29. The van der Waals surface area contributed by atoms with E-state index in [1.807, 2.05) is 18.0 Å². The van der Waals surface area contributed by atoms with Crippen molar-refractivity contribution in [1.82, 2.24) is 20.4 Å². The Morgan fingerprint density at radius 2 is 2.45 bits per heavy atom. The summed E-state index contributed by atoms with van der Waals surface area (Å²) in [6, 6.07) is 0. The smallest absolute Gasteiger partial charge is 0.407 e. The van der Waals surface area contributed by atoms with Gasteiger partial charge in [0.25, 0.3) is 0 Å². The van der Waals surface area contributed by atoms with Crippen LogP contribution in [0, 0.1) is 5.92 Å². The molecule has 2 aliphatic heterocycles. The van der Waals surface area contributed by atoms with E-state index in [2.05, 4.69) is 15.5 Å². The van der Waals surface area contributed by atoms with Gasteiger partial charge in [-0.25, -0.2) is 4.79 Å². The van der Waals surface area contributed by atoms with Crippen molar-refractivity contribution in [3.8, 4) is 0 Å². The topological polar surface area (TPSA) is 87.3 Å². The Balaban J connectivity index is 1.56. The molecule has 22 heavy (non-hydrogen) atoms. The second-order valence-electron chi connectivity index (χ2n) is 6.40. The van der Waals surface area contributed by atoms with Gasteiger partial charge >= 0.3 is 6.09 Å². The number of amides is 2. The molecule has 2 atom stereocenters. The van der Waals surface area contributed by atoms with Gasteiger partial charge in [0.2, 0.25) is 5.91 Å². The number of aromatic nitrogens is 2. The van der Waals surface area contributed by atoms with Gasteiger partial charge in [-0.05, 0) is 31.7 Å². The lowest BCUT2D eigenvalue weighted by atomic mass is 9.81. The number of likely N-dealkylation sites (tertiary alicyclic amines) is 1. The summed E-state index contributed by atoms with van der Waals surface area (Å²) in [6.45, 7) is 3.87. The van der Waals surface area contributed by atoms with Crippen molar-refractivity contribution in [2.45, 2.75) is 38.1 Å². The first-order valence-electron chi connectivity index (χ1n) is 7.77. The number of H-pyrrole nitrogens is 1. The first kappa shape index (κ1) is 14.9. The lowest BCUT2D eigenvalue weighted by molar-refractivity contribution is -0.133. The average molecular weight is 306 g/mol. The molecule has 7 nitrogen and oxygen atoms in total. The largest absolute Gasteiger partial charge is 0.447 e. The van der Waals surface area contributed by atoms with E-state index in [-0.39, 0.29) is 23.5 Å². The van der Waals surface area contributed by atoms with Gasteiger partial charge in [-0.15, -0.1) is 0 Å². The van der Waals surface area contributed by atoms with Crippen LogP contribution in [0.15, 0.2) is 12.4 Å². The van der Waals surface area contributed by atoms with Crippen molar-refractivity contribution in [2.75, 3.05) is 19.7 Å². The van der Waals surface area contributed by atoms with E-state index >= 15 is 0 Å². The summed E-state index contributed by atoms with van der Waals surface area (Å²) in [6.07, 6.45) is 6.38. The molecular weight excluding hydrogens is 284 g/mol. The molecule has 0 saturated carbocycles. The van der Waals surface area contributed by atoms with Crippen LogP contribution in [-0.2, 0) is 16.0 Å². The van der Waals surface area contributed by atoms with Crippen molar-refractivity contribution in [2.24, 2.45) is 5.92 Å². The molecule has 1 aromatic heterocycles. The standard InChI is InChI=1S/C15H22N4O3/c1-15(10-22-14(21)18-15)12-3-2-6-19(9-12)13(20)5-4-11-7-16-17-8-11/h7-8,12H,2-6,9-10H2,1H3,(H,16,17)(H,18,21). The minimum Gasteiger partial charge on any atom is -0.447 e. The van der Waals surface area contributed by atoms with Gasteiger partial charge in [0, 0.05) is 31.6 Å². The van der Waals surface area contributed by atoms with Crippen LogP contribution in [0.1, 0.15) is 31.7 Å². The SMILES string of the molecule is CC1(C2CCCN(C(=O)CCc3cn[nH]c3)C2)COC(=O)N1. The number of alkyl carbamates (subject to hydrolysis) is 1. The Hall–Kier alpha value is -2.05. The highest BCUT2D eigenvalue weighted by molar-refractivity contribution is 5.76. The highest BCUT2D eigenvalue weighted by Crippen LogP contribution is 2.30. The summed E-state index contributed by atoms with van der Waals surface area (Å²) in [5.74, 6) is 0.408. The molecule has 2 unspecified atom stereocenters. The van der Waals surface area contributed by atoms with Gasteiger partial charge in [0.05, 0.1) is 11.7 Å². The number of carbonyl (C=O) groups excluding carboxylic acids is 2. The van der Waals surface area contributed by atoms with Crippen LogP contribution in [-0.4, -0.2) is 52.3 Å². The Bertz CT molecular complexity index is 545. The van der Waals surface area contributed by atoms with Crippen LogP contribution in [0.3, 0.4) is 0 Å². The molecule has 7 heteroatoms. The number of piperidine rings is 1. The van der Waals surface area contributed by atoms with Gasteiger partial charge in [-0.3, -0.25) is 9.89 Å². The molecule has 0 aromatic carbocycles. The zero-order valence-corrected chi connectivity index (χ0v) is 12.8. The van der Waals surface area contributed by atoms with Gasteiger partial charge < -0.3 is 15.0 Å². The molecule has 2 saturated heterocycles. The number of hydrogen-bond acceptors (Lipinski definition) is 4. The lowest BCUT2D eigenvalue weighted by Crippen LogP contribution is -2.54. The Kier molecular flexibility index (Phi) is 4.04. The molecule has 1 aromatic rings. The Morgan fingerprint density at radius 3 is 3.14 bits per heavy atom. The van der Waals surface area contributed by atoms with Gasteiger partial charge in [0.1, 0.15) is 6.61 Å². The quantitative estimate of drug-likeness (QED) is 0.871. The molecule has 2 N–H and O–H groups in total. The maximum absolute atomic E-state index is 12.4. The summed E-state index contributed by atoms with van der Waals surface area (Å²) in [5.41, 5.74) is 0.686. The van der Waals surface area contributed by atoms with E-state index in [9.17, 15) is 9.59 Å². The third-order valence-corrected chi connectivity index (χ3v) is 4.75. The summed E-state index contributed by atoms with van der Waals surface area (Å²) < 4.78 is 5.05. The van der Waals surface area contributed by atoms with E-state index in [0.29, 0.717) is 26.0 Å². The van der Waals surface area contributed by atoms with Gasteiger partial charge in [-0.2, -0.15) is 5.10 Å². The van der Waals surface area contributed by atoms with Crippen LogP contribution in [0.5, 0.6) is 0 Å². The molecule has 0 spiro atoms. The summed E-state index contributed by atoms with van der Waals surface area (Å²) >= 11 is 0. The van der Waals surface area contributed by atoms with Crippen LogP contribution in [0.4, 0.5) is 4.79 Å². The number of aromatic amines is 1. The molecule has 2 amide bonds. The average Bonchev–Trinajstić information content (AvgIpc) is 3.15. The van der Waals surface area contributed by atoms with E-state index < -0.39 is 0 Å². The van der Waals surface area contributed by atoms with E-state index in [1.54, 1.807) is 6.20 Å². The Morgan fingerprint density at radius 1 is 1.59 bits per heavy atom. The maximum Gasteiger partial charge on any atom is 0.407 e. The van der Waals surface area contributed by atoms with Gasteiger partial charge in [-0.1, -0.05) is 0 Å². The second-order valence-corrected chi connectivity index (χ2v) is 6.40. The fraction of sp³-hybridized carbons (Fsp3) is 0.667. The first-order valence-corrected chi connectivity index (χ1v) is 7.77. The first-order chi connectivity index (χ1) is 10.6. The zero-order valence-electron chi connectivity index (χ0n) is 12.8. The predicted octanol–water partition coefficient (Wildman–Crippen LogP) is 1.08. The minimum atomic E-state index is -0.361. The van der Waals surface area contributed by atoms with Crippen molar-refractivity contribution >= 4 is 12.0 Å². The molecule has 0 bridgehead atoms. The molecule has 3 heterocycles. The number of rotatable bonds is 4. The second kappa shape index (κ2) is 5.98. The summed E-state index contributed by atoms with van der Waals surface area (Å²) in [5, 5.41) is 9.55. The van der Waals surface area contributed by atoms with E-state index in [0.717, 1.165) is 24.9 Å². The van der Waals surface area contributed by atoms with E-state index in [4.69, 9.17) is 4.74 Å². The highest BCUT2D eigenvalue weighted by atomic mass is 16.6. The van der Waals surface area contributed by atoms with Crippen molar-refractivity contribution in [1.29, 1.82) is 0 Å². The molecule has 2 aliphatic rings. The number of hydrogen-bond donors (Lipinski definition) is 2. The van der Waals surface area contributed by atoms with Gasteiger partial charge in [0.15, 0.2) is 0 Å². The minimum absolute atomic E-state index is 0.166. The highest BCUT2D eigenvalue weighted by Gasteiger charge is 2.44. The number of carbonyl (C=O) groups is 2. The molecule has 3 rings (SSSR count). The van der Waals surface area contributed by atoms with Crippen molar-refractivity contribution in [3.63, 3.8) is 0 Å². The summed E-state index contributed by atoms with van der Waals surface area (Å²) in [4.78, 5) is 25.6. The molecule has 0 radical (unpaired) electrons. The van der Waals surface area contributed by atoms with Crippen molar-refractivity contribution in [3.05, 3.63) is 18.0 Å². The number of ether oxygens (including phenoxy) is 1. The van der Waals surface area contributed by atoms with Crippen LogP contribution in [0.2, 0.25) is 0 Å². The monoisotopic (exact) mass is 306 g/mol. The normalized spacial score (nSPS) is 28.3. The molecule has 2 fully saturated rings. The number of cyclic esters (lactones) is 1. The maximum atomic E-state index is 12.4. The number of aryl methyl sites for hydroxylation is 1. The predicted molar refractivity (Wildman–Crippen MR) is 79.1 cm³/mol. The van der Waals surface area contributed by atoms with Crippen LogP contribution >= 0.6 is 0 Å². The van der Waals surface area contributed by atoms with Crippen molar-refractivity contribution < 1.29 is 14.3 Å². The lowest BCUT2D eigenvalue weighted by Gasteiger charge is -2.40. The third kappa shape index (κ3) is 3.08. The van der Waals surface area contributed by atoms with E-state index in [1.165, 1.54) is 0 Å². The molecule has 0 aliphatic carbocycles. The fourth-order valence-electron chi connectivity index (χ4n) is 3.29. The van der Waals surface area contributed by atoms with Crippen LogP contribution in [0.25, 0.3) is 0 Å².